The molecule has 2 amide bonds. The largest absolute Gasteiger partial charge is 0.351 e. The van der Waals surface area contributed by atoms with Crippen LogP contribution in [0.5, 0.6) is 0 Å². The molecule has 0 aromatic heterocycles. The maximum absolute atomic E-state index is 12.5. The molecule has 5 nitrogen and oxygen atoms in total. The summed E-state index contributed by atoms with van der Waals surface area (Å²) in [4.78, 5) is 26.0. The van der Waals surface area contributed by atoms with Crippen LogP contribution in [0, 0.1) is 17.8 Å². The molecule has 2 aliphatic carbocycles. The van der Waals surface area contributed by atoms with Gasteiger partial charge in [-0.2, -0.15) is 0 Å². The Morgan fingerprint density at radius 2 is 2.00 bits per heavy atom. The maximum Gasteiger partial charge on any atom is 0.225 e. The first kappa shape index (κ1) is 13.9. The molecular weight excluding hydrogens is 254 g/mol. The predicted molar refractivity (Wildman–Crippen MR) is 75.7 cm³/mol. The van der Waals surface area contributed by atoms with Gasteiger partial charge >= 0.3 is 0 Å². The Hall–Kier alpha value is -1.10. The number of carbonyl (C=O) groups is 2. The van der Waals surface area contributed by atoms with Crippen LogP contribution in [0.4, 0.5) is 0 Å². The number of hydrogen-bond acceptors (Lipinski definition) is 3. The number of nitrogens with zero attached hydrogens (tertiary/aromatic N) is 1. The zero-order chi connectivity index (χ0) is 14.3. The Morgan fingerprint density at radius 1 is 1.25 bits per heavy atom. The van der Waals surface area contributed by atoms with E-state index < -0.39 is 0 Å². The van der Waals surface area contributed by atoms with Crippen LogP contribution >= 0.6 is 0 Å². The SMILES string of the molecule is CCC(=O)N1CCC(NC(=O)C2C3CCC(C3)C2N)C1. The summed E-state index contributed by atoms with van der Waals surface area (Å²) in [7, 11) is 0. The average molecular weight is 279 g/mol. The van der Waals surface area contributed by atoms with Crippen LogP contribution in [0.25, 0.3) is 0 Å². The van der Waals surface area contributed by atoms with E-state index in [0.717, 1.165) is 25.8 Å². The number of fused-ring (bicyclic) bond motifs is 2. The summed E-state index contributed by atoms with van der Waals surface area (Å²) in [5, 5.41) is 3.13. The van der Waals surface area contributed by atoms with Gasteiger partial charge in [0.2, 0.25) is 11.8 Å². The fourth-order valence-electron chi connectivity index (χ4n) is 4.35. The number of likely N-dealkylation sites (tertiary alicyclic amines) is 1. The molecule has 1 aliphatic heterocycles. The summed E-state index contributed by atoms with van der Waals surface area (Å²) in [6.07, 6.45) is 4.88. The summed E-state index contributed by atoms with van der Waals surface area (Å²) in [5.74, 6) is 1.35. The van der Waals surface area contributed by atoms with E-state index in [1.165, 1.54) is 6.42 Å². The van der Waals surface area contributed by atoms with Gasteiger partial charge in [-0.15, -0.1) is 0 Å². The fraction of sp³-hybridized carbons (Fsp3) is 0.867. The van der Waals surface area contributed by atoms with E-state index >= 15 is 0 Å². The lowest BCUT2D eigenvalue weighted by Gasteiger charge is -2.28. The van der Waals surface area contributed by atoms with E-state index in [2.05, 4.69) is 5.32 Å². The molecule has 1 heterocycles. The summed E-state index contributed by atoms with van der Waals surface area (Å²) in [6, 6.07) is 0.160. The van der Waals surface area contributed by atoms with Crippen LogP contribution in [0.2, 0.25) is 0 Å². The van der Waals surface area contributed by atoms with Crippen LogP contribution in [0.15, 0.2) is 0 Å². The van der Waals surface area contributed by atoms with Crippen molar-refractivity contribution in [3.63, 3.8) is 0 Å². The van der Waals surface area contributed by atoms with Gasteiger partial charge in [0.25, 0.3) is 0 Å². The number of nitrogens with one attached hydrogen (secondary N) is 1. The average Bonchev–Trinajstić information content (AvgIpc) is 3.12. The van der Waals surface area contributed by atoms with Gasteiger partial charge in [-0.1, -0.05) is 6.92 Å². The second-order valence-electron chi connectivity index (χ2n) is 6.62. The fourth-order valence-corrected chi connectivity index (χ4v) is 4.35. The molecule has 3 fully saturated rings. The molecular formula is C15H25N3O2. The highest BCUT2D eigenvalue weighted by Crippen LogP contribution is 2.47. The Kier molecular flexibility index (Phi) is 3.71. The van der Waals surface area contributed by atoms with Crippen molar-refractivity contribution in [2.45, 2.75) is 51.1 Å². The Balaban J connectivity index is 1.54. The Morgan fingerprint density at radius 3 is 2.65 bits per heavy atom. The van der Waals surface area contributed by atoms with Crippen molar-refractivity contribution in [2.24, 2.45) is 23.5 Å². The first-order chi connectivity index (χ1) is 9.60. The molecule has 3 aliphatic rings. The minimum Gasteiger partial charge on any atom is -0.351 e. The minimum atomic E-state index is 0.00433. The third kappa shape index (κ3) is 2.32. The van der Waals surface area contributed by atoms with Crippen LogP contribution in [0.3, 0.4) is 0 Å². The Bertz CT molecular complexity index is 410. The lowest BCUT2D eigenvalue weighted by Crippen LogP contribution is -2.48. The van der Waals surface area contributed by atoms with Crippen molar-refractivity contribution in [3.8, 4) is 0 Å². The van der Waals surface area contributed by atoms with Crippen molar-refractivity contribution in [3.05, 3.63) is 0 Å². The van der Waals surface area contributed by atoms with Crippen LogP contribution < -0.4 is 11.1 Å². The molecule has 0 aromatic rings. The summed E-state index contributed by atoms with van der Waals surface area (Å²) >= 11 is 0. The van der Waals surface area contributed by atoms with E-state index in [-0.39, 0.29) is 29.8 Å². The smallest absolute Gasteiger partial charge is 0.225 e. The molecule has 5 atom stereocenters. The topological polar surface area (TPSA) is 75.4 Å². The van der Waals surface area contributed by atoms with E-state index in [9.17, 15) is 9.59 Å². The van der Waals surface area contributed by atoms with Crippen molar-refractivity contribution < 1.29 is 9.59 Å². The summed E-state index contributed by atoms with van der Waals surface area (Å²) in [5.41, 5.74) is 6.21. The van der Waals surface area contributed by atoms with Gasteiger partial charge < -0.3 is 16.0 Å². The minimum absolute atomic E-state index is 0.00433. The number of rotatable bonds is 3. The number of nitrogens with two attached hydrogens (primary N) is 1. The first-order valence-electron chi connectivity index (χ1n) is 7.94. The van der Waals surface area contributed by atoms with E-state index in [1.54, 1.807) is 0 Å². The molecule has 0 radical (unpaired) electrons. The number of hydrogen-bond donors (Lipinski definition) is 2. The highest BCUT2D eigenvalue weighted by Gasteiger charge is 2.49. The molecule has 5 heteroatoms. The van der Waals surface area contributed by atoms with Gasteiger partial charge in [0.05, 0.1) is 5.92 Å². The van der Waals surface area contributed by atoms with Gasteiger partial charge in [-0.3, -0.25) is 9.59 Å². The van der Waals surface area contributed by atoms with E-state index in [0.29, 0.717) is 24.8 Å². The quantitative estimate of drug-likeness (QED) is 0.789. The van der Waals surface area contributed by atoms with Gasteiger partial charge in [0, 0.05) is 31.6 Å². The second-order valence-corrected chi connectivity index (χ2v) is 6.62. The van der Waals surface area contributed by atoms with Crippen LogP contribution in [-0.4, -0.2) is 41.9 Å². The van der Waals surface area contributed by atoms with E-state index in [1.807, 2.05) is 11.8 Å². The number of amides is 2. The van der Waals surface area contributed by atoms with Crippen molar-refractivity contribution in [1.29, 1.82) is 0 Å². The molecule has 2 saturated carbocycles. The third-order valence-electron chi connectivity index (χ3n) is 5.47. The first-order valence-corrected chi connectivity index (χ1v) is 7.94. The standard InChI is InChI=1S/C15H25N3O2/c1-2-12(19)18-6-5-11(8-18)17-15(20)13-9-3-4-10(7-9)14(13)16/h9-11,13-14H,2-8,16H2,1H3,(H,17,20). The van der Waals surface area contributed by atoms with Crippen LogP contribution in [0.1, 0.15) is 39.0 Å². The lowest BCUT2D eigenvalue weighted by molar-refractivity contribution is -0.131. The van der Waals surface area contributed by atoms with Crippen molar-refractivity contribution in [2.75, 3.05) is 13.1 Å². The molecule has 2 bridgehead atoms. The molecule has 20 heavy (non-hydrogen) atoms. The highest BCUT2D eigenvalue weighted by atomic mass is 16.2. The zero-order valence-corrected chi connectivity index (χ0v) is 12.2. The van der Waals surface area contributed by atoms with Gasteiger partial charge in [-0.05, 0) is 37.5 Å². The molecule has 0 spiro atoms. The predicted octanol–water partition coefficient (Wildman–Crippen LogP) is 0.487. The third-order valence-corrected chi connectivity index (χ3v) is 5.47. The molecule has 0 aromatic carbocycles. The Labute approximate surface area is 120 Å². The second kappa shape index (κ2) is 5.35. The normalized spacial score (nSPS) is 39.3. The molecule has 5 unspecified atom stereocenters. The van der Waals surface area contributed by atoms with Gasteiger partial charge in [-0.25, -0.2) is 0 Å². The molecule has 1 saturated heterocycles. The van der Waals surface area contributed by atoms with Crippen molar-refractivity contribution in [1.82, 2.24) is 10.2 Å². The lowest BCUT2D eigenvalue weighted by atomic mass is 9.84. The molecule has 3 rings (SSSR count). The number of carbonyl (C=O) groups excluding carboxylic acids is 2. The molecule has 3 N–H and O–H groups in total. The maximum atomic E-state index is 12.5. The van der Waals surface area contributed by atoms with Gasteiger partial charge in [0.15, 0.2) is 0 Å². The summed E-state index contributed by atoms with van der Waals surface area (Å²) < 4.78 is 0. The highest BCUT2D eigenvalue weighted by molar-refractivity contribution is 5.81. The summed E-state index contributed by atoms with van der Waals surface area (Å²) in [6.45, 7) is 3.30. The monoisotopic (exact) mass is 279 g/mol. The van der Waals surface area contributed by atoms with Crippen molar-refractivity contribution >= 4 is 11.8 Å². The molecule has 112 valence electrons. The van der Waals surface area contributed by atoms with Crippen LogP contribution in [-0.2, 0) is 9.59 Å². The van der Waals surface area contributed by atoms with Gasteiger partial charge in [0.1, 0.15) is 0 Å². The zero-order valence-electron chi connectivity index (χ0n) is 12.2. The van der Waals surface area contributed by atoms with E-state index in [4.69, 9.17) is 5.73 Å².